The van der Waals surface area contributed by atoms with E-state index in [4.69, 9.17) is 14.0 Å². The minimum Gasteiger partial charge on any atom is -0.454 e. The molecular formula is C20H25N3O3. The maximum atomic E-state index is 5.59. The van der Waals surface area contributed by atoms with Gasteiger partial charge in [-0.05, 0) is 49.8 Å². The van der Waals surface area contributed by atoms with Crippen LogP contribution in [-0.2, 0) is 6.54 Å². The van der Waals surface area contributed by atoms with Crippen molar-refractivity contribution >= 4 is 0 Å². The zero-order valence-corrected chi connectivity index (χ0v) is 15.0. The van der Waals surface area contributed by atoms with Crippen molar-refractivity contribution in [2.75, 3.05) is 13.3 Å². The Morgan fingerprint density at radius 3 is 2.69 bits per heavy atom. The van der Waals surface area contributed by atoms with Crippen molar-refractivity contribution < 1.29 is 14.0 Å². The molecule has 0 N–H and O–H groups in total. The van der Waals surface area contributed by atoms with E-state index in [2.05, 4.69) is 15.0 Å². The summed E-state index contributed by atoms with van der Waals surface area (Å²) in [5.74, 6) is 3.71. The Bertz CT molecular complexity index is 765. The maximum absolute atomic E-state index is 5.59. The first-order valence-electron chi connectivity index (χ1n) is 9.82. The fourth-order valence-electron chi connectivity index (χ4n) is 4.07. The summed E-state index contributed by atoms with van der Waals surface area (Å²) in [6.07, 6.45) is 9.41. The average Bonchev–Trinajstić information content (AvgIpc) is 3.18. The van der Waals surface area contributed by atoms with Gasteiger partial charge < -0.3 is 14.0 Å². The summed E-state index contributed by atoms with van der Waals surface area (Å²) in [7, 11) is 0. The Balaban J connectivity index is 1.31. The van der Waals surface area contributed by atoms with Crippen LogP contribution in [0.1, 0.15) is 50.8 Å². The molecule has 0 spiro atoms. The molecule has 138 valence electrons. The second kappa shape index (κ2) is 6.91. The van der Waals surface area contributed by atoms with Crippen molar-refractivity contribution in [3.8, 4) is 22.9 Å². The van der Waals surface area contributed by atoms with Crippen LogP contribution in [-0.4, -0.2) is 34.4 Å². The van der Waals surface area contributed by atoms with Crippen LogP contribution in [0, 0.1) is 5.92 Å². The number of rotatable bonds is 6. The fourth-order valence-corrected chi connectivity index (χ4v) is 4.07. The Kier molecular flexibility index (Phi) is 4.28. The number of hydrogen-bond donors (Lipinski definition) is 0. The van der Waals surface area contributed by atoms with Crippen molar-refractivity contribution in [1.82, 2.24) is 15.0 Å². The molecule has 26 heavy (non-hydrogen) atoms. The van der Waals surface area contributed by atoms with Crippen molar-refractivity contribution in [3.63, 3.8) is 0 Å². The summed E-state index contributed by atoms with van der Waals surface area (Å²) < 4.78 is 16.4. The minimum absolute atomic E-state index is 0.272. The molecule has 2 heterocycles. The van der Waals surface area contributed by atoms with Gasteiger partial charge in [-0.1, -0.05) is 24.4 Å². The first-order valence-corrected chi connectivity index (χ1v) is 9.82. The SMILES string of the molecule is c1cc2c(cc1-c1noc(CN(CC3CC3)C3CCCCC3)n1)OCO2. The number of hydrogen-bond acceptors (Lipinski definition) is 6. The van der Waals surface area contributed by atoms with Gasteiger partial charge in [0.1, 0.15) is 0 Å². The van der Waals surface area contributed by atoms with Gasteiger partial charge in [-0.3, -0.25) is 4.90 Å². The molecule has 6 nitrogen and oxygen atoms in total. The van der Waals surface area contributed by atoms with Gasteiger partial charge in [0, 0.05) is 18.2 Å². The largest absolute Gasteiger partial charge is 0.454 e. The van der Waals surface area contributed by atoms with E-state index in [1.807, 2.05) is 18.2 Å². The first-order chi connectivity index (χ1) is 12.8. The molecule has 1 aliphatic heterocycles. The summed E-state index contributed by atoms with van der Waals surface area (Å²) in [6.45, 7) is 2.21. The molecule has 0 amide bonds. The molecule has 2 fully saturated rings. The molecular weight excluding hydrogens is 330 g/mol. The van der Waals surface area contributed by atoms with E-state index in [0.717, 1.165) is 29.5 Å². The highest BCUT2D eigenvalue weighted by molar-refractivity contribution is 5.61. The summed E-state index contributed by atoms with van der Waals surface area (Å²) >= 11 is 0. The average molecular weight is 355 g/mol. The highest BCUT2D eigenvalue weighted by atomic mass is 16.7. The highest BCUT2D eigenvalue weighted by Crippen LogP contribution is 2.36. The third-order valence-corrected chi connectivity index (χ3v) is 5.72. The van der Waals surface area contributed by atoms with E-state index in [-0.39, 0.29) is 6.79 Å². The zero-order valence-electron chi connectivity index (χ0n) is 15.0. The van der Waals surface area contributed by atoms with E-state index < -0.39 is 0 Å². The molecule has 2 saturated carbocycles. The van der Waals surface area contributed by atoms with Crippen LogP contribution >= 0.6 is 0 Å². The Hall–Kier alpha value is -2.08. The van der Waals surface area contributed by atoms with Crippen LogP contribution < -0.4 is 9.47 Å². The standard InChI is InChI=1S/C20H25N3O3/c1-2-4-16(5-3-1)23(11-14-6-7-14)12-19-21-20(22-26-19)15-8-9-17-18(10-15)25-13-24-17/h8-10,14,16H,1-7,11-13H2. The lowest BCUT2D eigenvalue weighted by molar-refractivity contribution is 0.126. The molecule has 0 bridgehead atoms. The van der Waals surface area contributed by atoms with Gasteiger partial charge in [0.05, 0.1) is 6.54 Å². The smallest absolute Gasteiger partial charge is 0.241 e. The normalized spacial score (nSPS) is 20.0. The molecule has 2 aliphatic carbocycles. The lowest BCUT2D eigenvalue weighted by atomic mass is 9.94. The van der Waals surface area contributed by atoms with E-state index >= 15 is 0 Å². The minimum atomic E-state index is 0.272. The maximum Gasteiger partial charge on any atom is 0.241 e. The predicted molar refractivity (Wildman–Crippen MR) is 95.9 cm³/mol. The molecule has 3 aliphatic rings. The second-order valence-corrected chi connectivity index (χ2v) is 7.74. The van der Waals surface area contributed by atoms with Crippen LogP contribution in [0.4, 0.5) is 0 Å². The van der Waals surface area contributed by atoms with Crippen LogP contribution in [0.2, 0.25) is 0 Å². The van der Waals surface area contributed by atoms with Crippen molar-refractivity contribution in [2.45, 2.75) is 57.5 Å². The summed E-state index contributed by atoms with van der Waals surface area (Å²) in [5.41, 5.74) is 0.899. The van der Waals surface area contributed by atoms with Gasteiger partial charge in [-0.25, -0.2) is 0 Å². The predicted octanol–water partition coefficient (Wildman–Crippen LogP) is 4.01. The van der Waals surface area contributed by atoms with E-state index in [9.17, 15) is 0 Å². The lowest BCUT2D eigenvalue weighted by Crippen LogP contribution is -2.37. The van der Waals surface area contributed by atoms with Gasteiger partial charge in [0.15, 0.2) is 11.5 Å². The number of fused-ring (bicyclic) bond motifs is 1. The van der Waals surface area contributed by atoms with Crippen LogP contribution in [0.3, 0.4) is 0 Å². The molecule has 1 aromatic carbocycles. The molecule has 0 saturated heterocycles. The Labute approximate surface area is 153 Å². The molecule has 2 aromatic rings. The van der Waals surface area contributed by atoms with E-state index in [0.29, 0.717) is 17.8 Å². The number of nitrogens with zero attached hydrogens (tertiary/aromatic N) is 3. The highest BCUT2D eigenvalue weighted by Gasteiger charge is 2.30. The van der Waals surface area contributed by atoms with Gasteiger partial charge >= 0.3 is 0 Å². The van der Waals surface area contributed by atoms with Crippen LogP contribution in [0.25, 0.3) is 11.4 Å². The van der Waals surface area contributed by atoms with Crippen molar-refractivity contribution in [3.05, 3.63) is 24.1 Å². The zero-order chi connectivity index (χ0) is 17.3. The third-order valence-electron chi connectivity index (χ3n) is 5.72. The topological polar surface area (TPSA) is 60.6 Å². The summed E-state index contributed by atoms with van der Waals surface area (Å²) in [6, 6.07) is 6.44. The van der Waals surface area contributed by atoms with Gasteiger partial charge in [-0.2, -0.15) is 4.98 Å². The quantitative estimate of drug-likeness (QED) is 0.780. The number of aromatic nitrogens is 2. The molecule has 0 radical (unpaired) electrons. The van der Waals surface area contributed by atoms with Gasteiger partial charge in [-0.15, -0.1) is 0 Å². The molecule has 0 atom stereocenters. The van der Waals surface area contributed by atoms with Crippen molar-refractivity contribution in [2.24, 2.45) is 5.92 Å². The third kappa shape index (κ3) is 3.43. The summed E-state index contributed by atoms with van der Waals surface area (Å²) in [5, 5.41) is 4.20. The van der Waals surface area contributed by atoms with Crippen molar-refractivity contribution in [1.29, 1.82) is 0 Å². The van der Waals surface area contributed by atoms with Gasteiger partial charge in [0.2, 0.25) is 18.5 Å². The van der Waals surface area contributed by atoms with Crippen LogP contribution in [0.15, 0.2) is 22.7 Å². The molecule has 5 rings (SSSR count). The monoisotopic (exact) mass is 355 g/mol. The Morgan fingerprint density at radius 1 is 1.00 bits per heavy atom. The van der Waals surface area contributed by atoms with E-state index in [1.165, 1.54) is 51.5 Å². The Morgan fingerprint density at radius 2 is 1.85 bits per heavy atom. The van der Waals surface area contributed by atoms with E-state index in [1.54, 1.807) is 0 Å². The molecule has 0 unspecified atom stereocenters. The van der Waals surface area contributed by atoms with Gasteiger partial charge in [0.25, 0.3) is 0 Å². The molecule has 6 heteroatoms. The lowest BCUT2D eigenvalue weighted by Gasteiger charge is -2.33. The van der Waals surface area contributed by atoms with Crippen LogP contribution in [0.5, 0.6) is 11.5 Å². The fraction of sp³-hybridized carbons (Fsp3) is 0.600. The second-order valence-electron chi connectivity index (χ2n) is 7.74. The molecule has 1 aromatic heterocycles. The number of benzene rings is 1. The number of ether oxygens (including phenoxy) is 2. The summed E-state index contributed by atoms with van der Waals surface area (Å²) in [4.78, 5) is 7.24. The first kappa shape index (κ1) is 16.1.